The highest BCUT2D eigenvalue weighted by atomic mass is 19.4. The smallest absolute Gasteiger partial charge is 0.440 e. The Hall–Kier alpha value is -2.18. The van der Waals surface area contributed by atoms with E-state index in [9.17, 15) is 22.8 Å². The highest BCUT2D eigenvalue weighted by Crippen LogP contribution is 2.18. The van der Waals surface area contributed by atoms with Crippen molar-refractivity contribution in [2.45, 2.75) is 19.0 Å². The van der Waals surface area contributed by atoms with E-state index in [0.29, 0.717) is 0 Å². The van der Waals surface area contributed by atoms with Gasteiger partial charge in [-0.25, -0.2) is 9.79 Å². The fourth-order valence-electron chi connectivity index (χ4n) is 1.31. The Balaban J connectivity index is 2.70. The number of alkyl halides is 3. The van der Waals surface area contributed by atoms with Crippen LogP contribution < -0.4 is 0 Å². The molecule has 0 heterocycles. The number of rotatable bonds is 4. The minimum absolute atomic E-state index is 0.202. The summed E-state index contributed by atoms with van der Waals surface area (Å²) in [5.74, 6) is -3.38. The number of halogens is 3. The van der Waals surface area contributed by atoms with Gasteiger partial charge in [0.1, 0.15) is 0 Å². The van der Waals surface area contributed by atoms with Crippen molar-refractivity contribution in [1.82, 2.24) is 0 Å². The van der Waals surface area contributed by atoms with Gasteiger partial charge in [-0.15, -0.1) is 0 Å². The summed E-state index contributed by atoms with van der Waals surface area (Å²) in [6.07, 6.45) is -5.22. The highest BCUT2D eigenvalue weighted by molar-refractivity contribution is 6.39. The highest BCUT2D eigenvalue weighted by Gasteiger charge is 2.41. The molecule has 4 nitrogen and oxygen atoms in total. The third-order valence-electron chi connectivity index (χ3n) is 2.18. The Morgan fingerprint density at radius 1 is 1.16 bits per heavy atom. The van der Waals surface area contributed by atoms with E-state index in [1.165, 1.54) is 0 Å². The van der Waals surface area contributed by atoms with Crippen LogP contribution in [-0.2, 0) is 16.0 Å². The van der Waals surface area contributed by atoms with Gasteiger partial charge in [-0.05, 0) is 12.0 Å². The number of amides is 1. The minimum atomic E-state index is -5.14. The van der Waals surface area contributed by atoms with Gasteiger partial charge in [0.2, 0.25) is 11.6 Å². The van der Waals surface area contributed by atoms with Crippen LogP contribution in [0.4, 0.5) is 13.2 Å². The Kier molecular flexibility index (Phi) is 4.80. The molecule has 19 heavy (non-hydrogen) atoms. The molecule has 0 saturated carbocycles. The summed E-state index contributed by atoms with van der Waals surface area (Å²) in [4.78, 5) is 24.2. The van der Waals surface area contributed by atoms with Gasteiger partial charge in [-0.1, -0.05) is 30.3 Å². The third kappa shape index (κ3) is 4.90. The van der Waals surface area contributed by atoms with E-state index in [-0.39, 0.29) is 12.8 Å². The van der Waals surface area contributed by atoms with Gasteiger partial charge in [0.15, 0.2) is 0 Å². The maximum Gasteiger partial charge on any atom is 0.440 e. The second-order valence-corrected chi connectivity index (χ2v) is 3.64. The van der Waals surface area contributed by atoms with Crippen LogP contribution in [0, 0.1) is 0 Å². The van der Waals surface area contributed by atoms with Gasteiger partial charge in [-0.3, -0.25) is 4.79 Å². The normalized spacial score (nSPS) is 12.3. The Morgan fingerprint density at radius 2 is 1.74 bits per heavy atom. The molecule has 0 unspecified atom stereocenters. The topological polar surface area (TPSA) is 66.7 Å². The average molecular weight is 273 g/mol. The molecule has 1 aromatic rings. The summed E-state index contributed by atoms with van der Waals surface area (Å²) in [6.45, 7) is 0. The molecule has 7 heteroatoms. The predicted octanol–water partition coefficient (Wildman–Crippen LogP) is 2.23. The van der Waals surface area contributed by atoms with Crippen LogP contribution >= 0.6 is 0 Å². The Labute approximate surface area is 106 Å². The molecular formula is C12H10F3NO3. The number of aliphatic imine (C=N–C) groups is 1. The first-order valence-electron chi connectivity index (χ1n) is 5.26. The van der Waals surface area contributed by atoms with Gasteiger partial charge in [0.25, 0.3) is 0 Å². The van der Waals surface area contributed by atoms with Gasteiger partial charge in [-0.2, -0.15) is 13.2 Å². The molecule has 0 saturated heterocycles. The maximum absolute atomic E-state index is 12.2. The van der Waals surface area contributed by atoms with E-state index >= 15 is 0 Å². The second kappa shape index (κ2) is 6.12. The Morgan fingerprint density at radius 3 is 2.21 bits per heavy atom. The fourth-order valence-corrected chi connectivity index (χ4v) is 1.31. The molecule has 1 aromatic carbocycles. The molecule has 102 valence electrons. The van der Waals surface area contributed by atoms with Gasteiger partial charge >= 0.3 is 12.1 Å². The van der Waals surface area contributed by atoms with Crippen LogP contribution in [0.2, 0.25) is 0 Å². The van der Waals surface area contributed by atoms with E-state index in [4.69, 9.17) is 5.11 Å². The average Bonchev–Trinajstić information content (AvgIpc) is 2.33. The van der Waals surface area contributed by atoms with Gasteiger partial charge < -0.3 is 5.11 Å². The van der Waals surface area contributed by atoms with Crippen molar-refractivity contribution in [2.24, 2.45) is 4.99 Å². The number of carbonyl (C=O) groups is 2. The number of benzene rings is 1. The number of carboxylic acid groups (broad SMARTS) is 1. The summed E-state index contributed by atoms with van der Waals surface area (Å²) in [6, 6.07) is 8.62. The summed E-state index contributed by atoms with van der Waals surface area (Å²) in [5.41, 5.74) is -1.33. The summed E-state index contributed by atoms with van der Waals surface area (Å²) >= 11 is 0. The molecule has 0 spiro atoms. The first-order chi connectivity index (χ1) is 8.80. The molecule has 0 aliphatic heterocycles. The first-order valence-corrected chi connectivity index (χ1v) is 5.26. The van der Waals surface area contributed by atoms with Crippen molar-refractivity contribution in [3.63, 3.8) is 0 Å². The zero-order valence-corrected chi connectivity index (χ0v) is 9.65. The molecule has 0 aliphatic carbocycles. The molecule has 0 aromatic heterocycles. The molecule has 0 aliphatic rings. The van der Waals surface area contributed by atoms with Crippen LogP contribution in [0.25, 0.3) is 0 Å². The van der Waals surface area contributed by atoms with Crippen LogP contribution in [0.1, 0.15) is 12.0 Å². The maximum atomic E-state index is 12.2. The molecular weight excluding hydrogens is 263 g/mol. The lowest BCUT2D eigenvalue weighted by Gasteiger charge is -2.05. The van der Waals surface area contributed by atoms with Crippen LogP contribution in [-0.4, -0.2) is 28.9 Å². The van der Waals surface area contributed by atoms with E-state index in [1.807, 2.05) is 0 Å². The second-order valence-electron chi connectivity index (χ2n) is 3.64. The molecule has 1 amide bonds. The van der Waals surface area contributed by atoms with Crippen LogP contribution in [0.3, 0.4) is 0 Å². The lowest BCUT2D eigenvalue weighted by atomic mass is 10.1. The fraction of sp³-hybridized carbons (Fsp3) is 0.250. The number of aryl methyl sites for hydroxylation is 1. The van der Waals surface area contributed by atoms with Crippen molar-refractivity contribution in [3.05, 3.63) is 35.9 Å². The molecule has 0 bridgehead atoms. The number of carboxylic acids is 1. The standard InChI is InChI=1S/C12H10F3NO3/c13-12(14,15)10(11(18)19)16-9(17)7-6-8-4-2-1-3-5-8/h1-5H,6-7H2,(H,18,19)/b16-10+. The number of aliphatic carboxylic acids is 1. The number of hydrogen-bond donors (Lipinski definition) is 1. The molecule has 1 N–H and O–H groups in total. The number of hydrogen-bond acceptors (Lipinski definition) is 2. The monoisotopic (exact) mass is 273 g/mol. The minimum Gasteiger partial charge on any atom is -0.477 e. The first kappa shape index (κ1) is 14.9. The van der Waals surface area contributed by atoms with Crippen LogP contribution in [0.5, 0.6) is 0 Å². The summed E-state index contributed by atoms with van der Waals surface area (Å²) in [5, 5.41) is 8.34. The SMILES string of the molecule is O=C(CCc1ccccc1)/N=C(\C(=O)O)C(F)(F)F. The van der Waals surface area contributed by atoms with Crippen molar-refractivity contribution in [3.8, 4) is 0 Å². The van der Waals surface area contributed by atoms with Gasteiger partial charge in [0.05, 0.1) is 0 Å². The lowest BCUT2D eigenvalue weighted by molar-refractivity contribution is -0.134. The lowest BCUT2D eigenvalue weighted by Crippen LogP contribution is -2.31. The van der Waals surface area contributed by atoms with Crippen molar-refractivity contribution >= 4 is 17.6 Å². The predicted molar refractivity (Wildman–Crippen MR) is 60.9 cm³/mol. The Bertz CT molecular complexity index is 495. The van der Waals surface area contributed by atoms with E-state index in [0.717, 1.165) is 5.56 Å². The number of nitrogens with zero attached hydrogens (tertiary/aromatic N) is 1. The quantitative estimate of drug-likeness (QED) is 0.855. The van der Waals surface area contributed by atoms with Crippen molar-refractivity contribution < 1.29 is 27.9 Å². The molecule has 0 radical (unpaired) electrons. The largest absolute Gasteiger partial charge is 0.477 e. The van der Waals surface area contributed by atoms with Crippen LogP contribution in [0.15, 0.2) is 35.3 Å². The van der Waals surface area contributed by atoms with E-state index in [1.54, 1.807) is 30.3 Å². The van der Waals surface area contributed by atoms with E-state index < -0.39 is 23.8 Å². The van der Waals surface area contributed by atoms with Crippen molar-refractivity contribution in [1.29, 1.82) is 0 Å². The molecule has 0 fully saturated rings. The number of carbonyl (C=O) groups excluding carboxylic acids is 1. The van der Waals surface area contributed by atoms with Gasteiger partial charge in [0, 0.05) is 6.42 Å². The van der Waals surface area contributed by atoms with E-state index in [2.05, 4.69) is 4.99 Å². The molecule has 0 atom stereocenters. The molecule has 1 rings (SSSR count). The summed E-state index contributed by atoms with van der Waals surface area (Å²) in [7, 11) is 0. The summed E-state index contributed by atoms with van der Waals surface area (Å²) < 4.78 is 36.7. The zero-order valence-electron chi connectivity index (χ0n) is 9.65. The van der Waals surface area contributed by atoms with Crippen molar-refractivity contribution in [2.75, 3.05) is 0 Å². The zero-order chi connectivity index (χ0) is 14.5. The third-order valence-corrected chi connectivity index (χ3v) is 2.18.